The molecule has 0 saturated carbocycles. The van der Waals surface area contributed by atoms with E-state index in [1.807, 2.05) is 37.5 Å². The average Bonchev–Trinajstić information content (AvgIpc) is 3.05. The standard InChI is InChI=1S/C20H21FN6S/c1-13-11-22-17(23-12-13)10-14(2)28-26-20-25-24-18-9-4-3-6-15-7-5-8-16(21)19(15)27(18)20/h3,5-8,11-12,14H,4,9-10H2,1-2H3,(H,25,26)/b6-3-. The summed E-state index contributed by atoms with van der Waals surface area (Å²) in [4.78, 5) is 8.71. The van der Waals surface area contributed by atoms with Crippen molar-refractivity contribution in [1.29, 1.82) is 0 Å². The predicted molar refractivity (Wildman–Crippen MR) is 110 cm³/mol. The molecule has 0 radical (unpaired) electrons. The quantitative estimate of drug-likeness (QED) is 0.653. The highest BCUT2D eigenvalue weighted by molar-refractivity contribution is 8.01. The van der Waals surface area contributed by atoms with E-state index in [2.05, 4.69) is 31.8 Å². The summed E-state index contributed by atoms with van der Waals surface area (Å²) in [6.45, 7) is 4.05. The molecule has 0 spiro atoms. The molecule has 1 aliphatic heterocycles. The minimum Gasteiger partial charge on any atom is -0.298 e. The van der Waals surface area contributed by atoms with Gasteiger partial charge in [0.25, 0.3) is 0 Å². The van der Waals surface area contributed by atoms with Gasteiger partial charge in [0, 0.05) is 36.0 Å². The second-order valence-electron chi connectivity index (χ2n) is 6.81. The Morgan fingerprint density at radius 3 is 2.89 bits per heavy atom. The monoisotopic (exact) mass is 396 g/mol. The molecule has 28 heavy (non-hydrogen) atoms. The van der Waals surface area contributed by atoms with Crippen LogP contribution in [0.4, 0.5) is 10.3 Å². The van der Waals surface area contributed by atoms with E-state index in [0.29, 0.717) is 24.5 Å². The SMILES string of the molecule is Cc1cnc(CC(C)SNc2nnc3n2-c2c(F)cccc2/C=C\CC3)nc1. The largest absolute Gasteiger partial charge is 0.298 e. The molecule has 3 heterocycles. The normalized spacial score (nSPS) is 15.1. The predicted octanol–water partition coefficient (Wildman–Crippen LogP) is 4.16. The van der Waals surface area contributed by atoms with Crippen molar-refractivity contribution in [2.75, 3.05) is 4.72 Å². The van der Waals surface area contributed by atoms with Crippen LogP contribution in [0.1, 0.15) is 36.1 Å². The number of nitrogens with zero attached hydrogens (tertiary/aromatic N) is 5. The summed E-state index contributed by atoms with van der Waals surface area (Å²) in [7, 11) is 0. The van der Waals surface area contributed by atoms with Crippen molar-refractivity contribution in [2.45, 2.75) is 38.4 Å². The van der Waals surface area contributed by atoms with Crippen LogP contribution < -0.4 is 4.72 Å². The van der Waals surface area contributed by atoms with E-state index < -0.39 is 0 Å². The lowest BCUT2D eigenvalue weighted by Crippen LogP contribution is -2.12. The smallest absolute Gasteiger partial charge is 0.239 e. The van der Waals surface area contributed by atoms with Crippen LogP contribution in [-0.4, -0.2) is 30.0 Å². The van der Waals surface area contributed by atoms with E-state index in [4.69, 9.17) is 0 Å². The lowest BCUT2D eigenvalue weighted by atomic mass is 10.1. The number of para-hydroxylation sites is 1. The fourth-order valence-corrected chi connectivity index (χ4v) is 3.75. The molecule has 3 aromatic rings. The molecule has 2 aromatic heterocycles. The van der Waals surface area contributed by atoms with E-state index >= 15 is 0 Å². The molecule has 1 aromatic carbocycles. The number of aromatic nitrogens is 5. The number of benzene rings is 1. The summed E-state index contributed by atoms with van der Waals surface area (Å²) >= 11 is 1.50. The molecule has 0 amide bonds. The van der Waals surface area contributed by atoms with E-state index in [1.54, 1.807) is 10.6 Å². The minimum absolute atomic E-state index is 0.198. The van der Waals surface area contributed by atoms with Gasteiger partial charge < -0.3 is 0 Å². The van der Waals surface area contributed by atoms with Gasteiger partial charge in [-0.3, -0.25) is 9.29 Å². The molecule has 6 nitrogen and oxygen atoms in total. The van der Waals surface area contributed by atoms with Gasteiger partial charge in [-0.05, 0) is 36.9 Å². The Balaban J connectivity index is 1.55. The number of aryl methyl sites for hydroxylation is 2. The Bertz CT molecular complexity index is 998. The van der Waals surface area contributed by atoms with Crippen molar-refractivity contribution in [3.05, 3.63) is 65.3 Å². The molecule has 0 fully saturated rings. The van der Waals surface area contributed by atoms with Crippen LogP contribution in [0.25, 0.3) is 11.8 Å². The van der Waals surface area contributed by atoms with Crippen molar-refractivity contribution in [3.63, 3.8) is 0 Å². The highest BCUT2D eigenvalue weighted by Crippen LogP contribution is 2.29. The lowest BCUT2D eigenvalue weighted by molar-refractivity contribution is 0.614. The molecule has 8 heteroatoms. The molecule has 1 aliphatic rings. The number of fused-ring (bicyclic) bond motifs is 3. The number of hydrogen-bond donors (Lipinski definition) is 1. The van der Waals surface area contributed by atoms with E-state index in [1.165, 1.54) is 18.0 Å². The number of hydrogen-bond acceptors (Lipinski definition) is 6. The van der Waals surface area contributed by atoms with Gasteiger partial charge >= 0.3 is 0 Å². The highest BCUT2D eigenvalue weighted by Gasteiger charge is 2.21. The summed E-state index contributed by atoms with van der Waals surface area (Å²) in [6, 6.07) is 5.08. The zero-order valence-electron chi connectivity index (χ0n) is 15.8. The molecular weight excluding hydrogens is 375 g/mol. The molecule has 1 atom stereocenters. The summed E-state index contributed by atoms with van der Waals surface area (Å²) in [5.41, 5.74) is 2.34. The summed E-state index contributed by atoms with van der Waals surface area (Å²) < 4.78 is 19.7. The maximum Gasteiger partial charge on any atom is 0.239 e. The van der Waals surface area contributed by atoms with Gasteiger partial charge in [0.1, 0.15) is 17.5 Å². The molecule has 144 valence electrons. The van der Waals surface area contributed by atoms with Crippen LogP contribution in [0.5, 0.6) is 0 Å². The first kappa shape index (κ1) is 18.6. The maximum absolute atomic E-state index is 14.7. The third-order valence-corrected chi connectivity index (χ3v) is 5.33. The van der Waals surface area contributed by atoms with Gasteiger partial charge in [0.05, 0.1) is 5.69 Å². The second kappa shape index (κ2) is 8.10. The number of halogens is 1. The zero-order chi connectivity index (χ0) is 19.5. The number of nitrogens with one attached hydrogen (secondary N) is 1. The Morgan fingerprint density at radius 2 is 2.07 bits per heavy atom. The van der Waals surface area contributed by atoms with Crippen molar-refractivity contribution >= 4 is 24.0 Å². The van der Waals surface area contributed by atoms with Crippen molar-refractivity contribution < 1.29 is 4.39 Å². The number of rotatable bonds is 5. The van der Waals surface area contributed by atoms with Gasteiger partial charge in [0.2, 0.25) is 5.95 Å². The zero-order valence-corrected chi connectivity index (χ0v) is 16.6. The van der Waals surface area contributed by atoms with Crippen LogP contribution in [0.2, 0.25) is 0 Å². The van der Waals surface area contributed by atoms with Gasteiger partial charge in [-0.2, -0.15) is 0 Å². The highest BCUT2D eigenvalue weighted by atomic mass is 32.2. The first-order valence-electron chi connectivity index (χ1n) is 9.20. The topological polar surface area (TPSA) is 68.5 Å². The van der Waals surface area contributed by atoms with Gasteiger partial charge in [-0.15, -0.1) is 10.2 Å². The van der Waals surface area contributed by atoms with Crippen LogP contribution in [0.3, 0.4) is 0 Å². The lowest BCUT2D eigenvalue weighted by Gasteiger charge is -2.17. The fourth-order valence-electron chi connectivity index (χ4n) is 3.08. The Kier molecular flexibility index (Phi) is 5.38. The minimum atomic E-state index is -0.292. The summed E-state index contributed by atoms with van der Waals surface area (Å²) in [5, 5.41) is 8.75. The third kappa shape index (κ3) is 3.91. The van der Waals surface area contributed by atoms with Gasteiger partial charge in [-0.25, -0.2) is 14.4 Å². The molecular formula is C20H21FN6S. The van der Waals surface area contributed by atoms with Crippen LogP contribution >= 0.6 is 11.9 Å². The van der Waals surface area contributed by atoms with E-state index in [-0.39, 0.29) is 11.1 Å². The van der Waals surface area contributed by atoms with Crippen molar-refractivity contribution in [1.82, 2.24) is 24.7 Å². The first-order chi connectivity index (χ1) is 13.6. The molecule has 0 saturated heterocycles. The van der Waals surface area contributed by atoms with Gasteiger partial charge in [-0.1, -0.05) is 31.2 Å². The van der Waals surface area contributed by atoms with Crippen LogP contribution in [0.15, 0.2) is 36.7 Å². The number of allylic oxidation sites excluding steroid dienone is 1. The molecule has 1 unspecified atom stereocenters. The molecule has 0 bridgehead atoms. The van der Waals surface area contributed by atoms with Crippen LogP contribution in [-0.2, 0) is 12.8 Å². The van der Waals surface area contributed by atoms with E-state index in [0.717, 1.165) is 29.2 Å². The number of anilines is 1. The Hall–Kier alpha value is -2.74. The second-order valence-corrected chi connectivity index (χ2v) is 8.05. The fraction of sp³-hybridized carbons (Fsp3) is 0.300. The Labute approximate surface area is 167 Å². The van der Waals surface area contributed by atoms with E-state index in [9.17, 15) is 4.39 Å². The molecule has 1 N–H and O–H groups in total. The summed E-state index contributed by atoms with van der Waals surface area (Å²) in [6.07, 6.45) is 9.90. The van der Waals surface area contributed by atoms with Gasteiger partial charge in [0.15, 0.2) is 0 Å². The third-order valence-electron chi connectivity index (χ3n) is 4.46. The Morgan fingerprint density at radius 1 is 1.25 bits per heavy atom. The van der Waals surface area contributed by atoms with Crippen molar-refractivity contribution in [2.24, 2.45) is 0 Å². The first-order valence-corrected chi connectivity index (χ1v) is 10.1. The average molecular weight is 396 g/mol. The van der Waals surface area contributed by atoms with Crippen LogP contribution in [0, 0.1) is 12.7 Å². The maximum atomic E-state index is 14.7. The molecule has 4 rings (SSSR count). The summed E-state index contributed by atoms with van der Waals surface area (Å²) in [5.74, 6) is 1.77. The molecule has 0 aliphatic carbocycles. The van der Waals surface area contributed by atoms with Crippen molar-refractivity contribution in [3.8, 4) is 5.69 Å².